The van der Waals surface area contributed by atoms with Crippen LogP contribution >= 0.6 is 15.9 Å². The molecule has 1 spiro atoms. The summed E-state index contributed by atoms with van der Waals surface area (Å²) in [5, 5.41) is 0. The van der Waals surface area contributed by atoms with Crippen LogP contribution in [-0.4, -0.2) is 17.5 Å². The summed E-state index contributed by atoms with van der Waals surface area (Å²) in [6.45, 7) is 1.05. The van der Waals surface area contributed by atoms with Crippen LogP contribution in [-0.2, 0) is 4.74 Å². The van der Waals surface area contributed by atoms with Crippen molar-refractivity contribution in [2.24, 2.45) is 11.3 Å². The molecule has 3 rings (SSSR count). The van der Waals surface area contributed by atoms with Crippen molar-refractivity contribution in [2.45, 2.75) is 88.0 Å². The van der Waals surface area contributed by atoms with Crippen LogP contribution in [0, 0.1) is 11.3 Å². The minimum absolute atomic E-state index is 0.505. The van der Waals surface area contributed by atoms with Gasteiger partial charge in [-0.05, 0) is 38.0 Å². The molecular formula is C17H29BrO. The van der Waals surface area contributed by atoms with E-state index in [1.165, 1.54) is 77.0 Å². The first-order chi connectivity index (χ1) is 9.31. The third kappa shape index (κ3) is 3.05. The van der Waals surface area contributed by atoms with Gasteiger partial charge in [-0.1, -0.05) is 60.9 Å². The third-order valence-corrected chi connectivity index (χ3v) is 7.26. The Morgan fingerprint density at radius 1 is 0.895 bits per heavy atom. The predicted octanol–water partition coefficient (Wildman–Crippen LogP) is 5.46. The van der Waals surface area contributed by atoms with Gasteiger partial charge in [0, 0.05) is 16.8 Å². The second-order valence-electron chi connectivity index (χ2n) is 7.18. The molecule has 1 nitrogen and oxygen atoms in total. The topological polar surface area (TPSA) is 9.23 Å². The molecule has 0 heterocycles. The number of hydrogen-bond acceptors (Lipinski definition) is 1. The van der Waals surface area contributed by atoms with E-state index in [1.807, 2.05) is 0 Å². The van der Waals surface area contributed by atoms with Gasteiger partial charge in [0.25, 0.3) is 0 Å². The molecule has 3 fully saturated rings. The van der Waals surface area contributed by atoms with Gasteiger partial charge in [-0.25, -0.2) is 0 Å². The van der Waals surface area contributed by atoms with Crippen molar-refractivity contribution < 1.29 is 4.74 Å². The molecule has 0 aromatic carbocycles. The lowest BCUT2D eigenvalue weighted by molar-refractivity contribution is -0.122. The van der Waals surface area contributed by atoms with Crippen molar-refractivity contribution in [1.82, 2.24) is 0 Å². The van der Waals surface area contributed by atoms with Crippen LogP contribution in [0.25, 0.3) is 0 Å². The monoisotopic (exact) mass is 328 g/mol. The highest BCUT2D eigenvalue weighted by Gasteiger charge is 2.54. The first kappa shape index (κ1) is 14.4. The molecule has 110 valence electrons. The zero-order valence-corrected chi connectivity index (χ0v) is 13.8. The molecule has 19 heavy (non-hydrogen) atoms. The molecule has 0 N–H and O–H groups in total. The van der Waals surface area contributed by atoms with Gasteiger partial charge in [0.15, 0.2) is 0 Å². The molecule has 0 aromatic heterocycles. The lowest BCUT2D eigenvalue weighted by Gasteiger charge is -2.54. The van der Waals surface area contributed by atoms with Crippen LogP contribution in [0.3, 0.4) is 0 Å². The van der Waals surface area contributed by atoms with Crippen molar-refractivity contribution in [2.75, 3.05) is 6.61 Å². The van der Waals surface area contributed by atoms with Crippen LogP contribution < -0.4 is 0 Å². The normalized spacial score (nSPS) is 35.8. The Morgan fingerprint density at radius 3 is 2.16 bits per heavy atom. The molecule has 3 aliphatic rings. The van der Waals surface area contributed by atoms with Crippen LogP contribution in [0.5, 0.6) is 0 Å². The quantitative estimate of drug-likeness (QED) is 0.625. The average Bonchev–Trinajstić information content (AvgIpc) is 2.72. The van der Waals surface area contributed by atoms with Crippen LogP contribution in [0.2, 0.25) is 0 Å². The number of hydrogen-bond donors (Lipinski definition) is 0. The first-order valence-corrected chi connectivity index (χ1v) is 9.48. The highest BCUT2D eigenvalue weighted by atomic mass is 79.9. The summed E-state index contributed by atoms with van der Waals surface area (Å²) < 4.78 is 6.41. The van der Waals surface area contributed by atoms with Crippen molar-refractivity contribution in [3.05, 3.63) is 0 Å². The van der Waals surface area contributed by atoms with Gasteiger partial charge >= 0.3 is 0 Å². The van der Waals surface area contributed by atoms with E-state index in [-0.39, 0.29) is 0 Å². The second-order valence-corrected chi connectivity index (χ2v) is 8.28. The Bertz CT molecular complexity index is 277. The Morgan fingerprint density at radius 2 is 1.53 bits per heavy atom. The third-order valence-electron chi connectivity index (χ3n) is 5.98. The van der Waals surface area contributed by atoms with Gasteiger partial charge in [-0.2, -0.15) is 0 Å². The molecule has 2 atom stereocenters. The number of alkyl halides is 1. The van der Waals surface area contributed by atoms with E-state index in [2.05, 4.69) is 15.9 Å². The summed E-state index contributed by atoms with van der Waals surface area (Å²) in [7, 11) is 0. The summed E-state index contributed by atoms with van der Waals surface area (Å²) in [6, 6.07) is 0. The zero-order valence-electron chi connectivity index (χ0n) is 12.2. The lowest BCUT2D eigenvalue weighted by Crippen LogP contribution is -2.55. The summed E-state index contributed by atoms with van der Waals surface area (Å²) in [4.78, 5) is 0.731. The smallest absolute Gasteiger partial charge is 0.0653 e. The Labute approximate surface area is 127 Å². The van der Waals surface area contributed by atoms with E-state index >= 15 is 0 Å². The predicted molar refractivity (Wildman–Crippen MR) is 83.8 cm³/mol. The van der Waals surface area contributed by atoms with Crippen molar-refractivity contribution in [1.29, 1.82) is 0 Å². The lowest BCUT2D eigenvalue weighted by atomic mass is 9.61. The maximum atomic E-state index is 6.41. The van der Waals surface area contributed by atoms with Gasteiger partial charge in [0.2, 0.25) is 0 Å². The van der Waals surface area contributed by atoms with Crippen LogP contribution in [0.1, 0.15) is 77.0 Å². The molecule has 0 aromatic rings. The SMILES string of the molecule is BrC1CC(OCC2CCCCC2)C12CCCCCC2. The molecule has 2 heteroatoms. The highest BCUT2D eigenvalue weighted by Crippen LogP contribution is 2.55. The molecular weight excluding hydrogens is 300 g/mol. The summed E-state index contributed by atoms with van der Waals surface area (Å²) in [6.07, 6.45) is 17.5. The van der Waals surface area contributed by atoms with Gasteiger partial charge in [0.05, 0.1) is 6.10 Å². The summed E-state index contributed by atoms with van der Waals surface area (Å²) in [5.74, 6) is 0.867. The second kappa shape index (κ2) is 6.47. The van der Waals surface area contributed by atoms with E-state index in [0.717, 1.165) is 17.4 Å². The van der Waals surface area contributed by atoms with E-state index in [1.54, 1.807) is 0 Å². The van der Waals surface area contributed by atoms with Gasteiger partial charge in [-0.15, -0.1) is 0 Å². The fourth-order valence-corrected chi connectivity index (χ4v) is 5.65. The molecule has 0 aliphatic heterocycles. The average molecular weight is 329 g/mol. The number of ether oxygens (including phenoxy) is 1. The van der Waals surface area contributed by atoms with E-state index in [0.29, 0.717) is 11.5 Å². The minimum atomic E-state index is 0.505. The largest absolute Gasteiger partial charge is 0.377 e. The van der Waals surface area contributed by atoms with Crippen LogP contribution in [0.15, 0.2) is 0 Å². The molecule has 3 aliphatic carbocycles. The standard InChI is InChI=1S/C17H29BrO/c18-15-12-16(17(15)10-6-1-2-7-11-17)19-13-14-8-4-3-5-9-14/h14-16H,1-13H2. The van der Waals surface area contributed by atoms with Gasteiger partial charge < -0.3 is 4.74 Å². The first-order valence-electron chi connectivity index (χ1n) is 8.57. The molecule has 0 amide bonds. The maximum Gasteiger partial charge on any atom is 0.0653 e. The highest BCUT2D eigenvalue weighted by molar-refractivity contribution is 9.09. The maximum absolute atomic E-state index is 6.41. The molecule has 2 unspecified atom stereocenters. The van der Waals surface area contributed by atoms with Crippen LogP contribution in [0.4, 0.5) is 0 Å². The fraction of sp³-hybridized carbons (Fsp3) is 1.00. The zero-order chi connectivity index (χ0) is 13.1. The van der Waals surface area contributed by atoms with E-state index in [9.17, 15) is 0 Å². The van der Waals surface area contributed by atoms with Gasteiger partial charge in [-0.3, -0.25) is 0 Å². The van der Waals surface area contributed by atoms with Crippen molar-refractivity contribution in [3.8, 4) is 0 Å². The van der Waals surface area contributed by atoms with Crippen molar-refractivity contribution >= 4 is 15.9 Å². The Kier molecular flexibility index (Phi) is 4.90. The van der Waals surface area contributed by atoms with E-state index in [4.69, 9.17) is 4.74 Å². The summed E-state index contributed by atoms with van der Waals surface area (Å²) >= 11 is 3.94. The van der Waals surface area contributed by atoms with E-state index < -0.39 is 0 Å². The van der Waals surface area contributed by atoms with Gasteiger partial charge in [0.1, 0.15) is 0 Å². The number of rotatable bonds is 3. The number of halogens is 1. The Balaban J connectivity index is 1.52. The van der Waals surface area contributed by atoms with Crippen molar-refractivity contribution in [3.63, 3.8) is 0 Å². The minimum Gasteiger partial charge on any atom is -0.377 e. The molecule has 0 saturated heterocycles. The molecule has 0 bridgehead atoms. The fourth-order valence-electron chi connectivity index (χ4n) is 4.56. The molecule has 0 radical (unpaired) electrons. The Hall–Kier alpha value is 0.440. The summed E-state index contributed by atoms with van der Waals surface area (Å²) in [5.41, 5.74) is 0.505. The molecule has 3 saturated carbocycles.